The molecule has 1 aliphatic heterocycles. The van der Waals surface area contributed by atoms with Crippen LogP contribution in [0.4, 0.5) is 5.69 Å². The lowest BCUT2D eigenvalue weighted by atomic mass is 10.0. The first-order chi connectivity index (χ1) is 10.8. The second-order valence-corrected chi connectivity index (χ2v) is 5.50. The molecule has 0 saturated heterocycles. The van der Waals surface area contributed by atoms with Crippen LogP contribution < -0.4 is 4.74 Å². The normalized spacial score (nSPS) is 13.8. The van der Waals surface area contributed by atoms with Gasteiger partial charge in [-0.15, -0.1) is 0 Å². The van der Waals surface area contributed by atoms with E-state index in [9.17, 15) is 0 Å². The standard InChI is InChI=1S/C20H21NO/c1-3-15-8-13-20(22-2)17(14-15)10-12-18-11-9-16-6-4-5-7-19(16)21-18/h4-8,10,12-14H,3,9,11H2,1-2H3/b12-10+. The monoisotopic (exact) mass is 291 g/mol. The quantitative estimate of drug-likeness (QED) is 0.777. The molecule has 2 nitrogen and oxygen atoms in total. The third-order valence-electron chi connectivity index (χ3n) is 4.06. The van der Waals surface area contributed by atoms with Crippen LogP contribution in [0.1, 0.15) is 30.0 Å². The van der Waals surface area contributed by atoms with E-state index in [1.54, 1.807) is 7.11 Å². The molecule has 3 rings (SSSR count). The Hall–Kier alpha value is -2.35. The third kappa shape index (κ3) is 3.11. The summed E-state index contributed by atoms with van der Waals surface area (Å²) in [7, 11) is 1.71. The van der Waals surface area contributed by atoms with Crippen molar-refractivity contribution in [3.63, 3.8) is 0 Å². The number of methoxy groups -OCH3 is 1. The van der Waals surface area contributed by atoms with E-state index in [2.05, 4.69) is 49.4 Å². The van der Waals surface area contributed by atoms with Crippen molar-refractivity contribution in [2.24, 2.45) is 4.99 Å². The topological polar surface area (TPSA) is 21.6 Å². The van der Waals surface area contributed by atoms with Gasteiger partial charge in [0.25, 0.3) is 0 Å². The summed E-state index contributed by atoms with van der Waals surface area (Å²) in [6, 6.07) is 14.7. The zero-order valence-corrected chi connectivity index (χ0v) is 13.2. The fourth-order valence-electron chi connectivity index (χ4n) is 2.75. The number of hydrogen-bond acceptors (Lipinski definition) is 2. The van der Waals surface area contributed by atoms with Gasteiger partial charge < -0.3 is 4.74 Å². The summed E-state index contributed by atoms with van der Waals surface area (Å²) < 4.78 is 5.45. The molecule has 0 spiro atoms. The number of para-hydroxylation sites is 1. The second-order valence-electron chi connectivity index (χ2n) is 5.50. The van der Waals surface area contributed by atoms with E-state index in [0.717, 1.165) is 42.0 Å². The van der Waals surface area contributed by atoms with Crippen LogP contribution in [0.15, 0.2) is 53.5 Å². The summed E-state index contributed by atoms with van der Waals surface area (Å²) in [5.41, 5.74) is 6.00. The molecule has 0 fully saturated rings. The molecule has 2 aromatic carbocycles. The number of nitrogens with zero attached hydrogens (tertiary/aromatic N) is 1. The van der Waals surface area contributed by atoms with Gasteiger partial charge in [-0.2, -0.15) is 0 Å². The molecular formula is C20H21NO. The Morgan fingerprint density at radius 2 is 1.95 bits per heavy atom. The van der Waals surface area contributed by atoms with Gasteiger partial charge in [-0.1, -0.05) is 31.2 Å². The van der Waals surface area contributed by atoms with Crippen LogP contribution in [0.5, 0.6) is 5.75 Å². The summed E-state index contributed by atoms with van der Waals surface area (Å²) >= 11 is 0. The summed E-state index contributed by atoms with van der Waals surface area (Å²) in [4.78, 5) is 4.75. The molecule has 0 atom stereocenters. The van der Waals surface area contributed by atoms with Gasteiger partial charge >= 0.3 is 0 Å². The van der Waals surface area contributed by atoms with Crippen LogP contribution in [-0.2, 0) is 12.8 Å². The number of fused-ring (bicyclic) bond motifs is 1. The highest BCUT2D eigenvalue weighted by molar-refractivity contribution is 6.01. The van der Waals surface area contributed by atoms with E-state index in [4.69, 9.17) is 9.73 Å². The molecule has 0 N–H and O–H groups in total. The van der Waals surface area contributed by atoms with Crippen molar-refractivity contribution < 1.29 is 4.74 Å². The lowest BCUT2D eigenvalue weighted by Gasteiger charge is -2.13. The molecule has 0 aliphatic carbocycles. The first kappa shape index (κ1) is 14.6. The molecule has 0 unspecified atom stereocenters. The number of allylic oxidation sites excluding steroid dienone is 1. The molecule has 2 heteroatoms. The summed E-state index contributed by atoms with van der Waals surface area (Å²) in [6.07, 6.45) is 7.31. The molecule has 0 aromatic heterocycles. The van der Waals surface area contributed by atoms with Gasteiger partial charge in [0.05, 0.1) is 12.8 Å². The number of aliphatic imine (C=N–C) groups is 1. The third-order valence-corrected chi connectivity index (χ3v) is 4.06. The fourth-order valence-corrected chi connectivity index (χ4v) is 2.75. The molecule has 0 amide bonds. The largest absolute Gasteiger partial charge is 0.496 e. The summed E-state index contributed by atoms with van der Waals surface area (Å²) in [6.45, 7) is 2.16. The maximum Gasteiger partial charge on any atom is 0.126 e. The molecule has 0 bridgehead atoms. The zero-order chi connectivity index (χ0) is 15.4. The Morgan fingerprint density at radius 3 is 2.77 bits per heavy atom. The van der Waals surface area contributed by atoms with Crippen molar-refractivity contribution in [3.05, 3.63) is 65.2 Å². The molecule has 112 valence electrons. The number of ether oxygens (including phenoxy) is 1. The Bertz CT molecular complexity index is 728. The Balaban J connectivity index is 1.87. The minimum atomic E-state index is 0.908. The minimum Gasteiger partial charge on any atom is -0.496 e. The van der Waals surface area contributed by atoms with Gasteiger partial charge in [0.2, 0.25) is 0 Å². The van der Waals surface area contributed by atoms with E-state index in [1.165, 1.54) is 11.1 Å². The maximum absolute atomic E-state index is 5.45. The fraction of sp³-hybridized carbons (Fsp3) is 0.250. The van der Waals surface area contributed by atoms with Crippen LogP contribution in [0.2, 0.25) is 0 Å². The zero-order valence-electron chi connectivity index (χ0n) is 13.2. The van der Waals surface area contributed by atoms with Crippen LogP contribution >= 0.6 is 0 Å². The highest BCUT2D eigenvalue weighted by Gasteiger charge is 2.09. The van der Waals surface area contributed by atoms with Gasteiger partial charge in [-0.25, -0.2) is 0 Å². The number of benzene rings is 2. The summed E-state index contributed by atoms with van der Waals surface area (Å²) in [5.74, 6) is 0.908. The molecule has 1 heterocycles. The average Bonchev–Trinajstić information content (AvgIpc) is 2.59. The van der Waals surface area contributed by atoms with E-state index < -0.39 is 0 Å². The SMILES string of the molecule is CCc1ccc(OC)c(/C=C/C2=Nc3ccccc3CC2)c1. The van der Waals surface area contributed by atoms with Crippen molar-refractivity contribution in [1.82, 2.24) is 0 Å². The molecule has 0 radical (unpaired) electrons. The van der Waals surface area contributed by atoms with Gasteiger partial charge in [-0.05, 0) is 60.7 Å². The van der Waals surface area contributed by atoms with Crippen LogP contribution in [0.3, 0.4) is 0 Å². The average molecular weight is 291 g/mol. The first-order valence-corrected chi connectivity index (χ1v) is 7.80. The van der Waals surface area contributed by atoms with E-state index in [-0.39, 0.29) is 0 Å². The first-order valence-electron chi connectivity index (χ1n) is 7.80. The molecule has 0 saturated carbocycles. The Kier molecular flexibility index (Phi) is 4.38. The van der Waals surface area contributed by atoms with E-state index in [0.29, 0.717) is 0 Å². The van der Waals surface area contributed by atoms with Gasteiger partial charge in [-0.3, -0.25) is 4.99 Å². The Morgan fingerprint density at radius 1 is 1.09 bits per heavy atom. The van der Waals surface area contributed by atoms with Crippen molar-refractivity contribution in [2.45, 2.75) is 26.2 Å². The predicted molar refractivity (Wildman–Crippen MR) is 93.3 cm³/mol. The van der Waals surface area contributed by atoms with Crippen LogP contribution in [0.25, 0.3) is 6.08 Å². The lowest BCUT2D eigenvalue weighted by molar-refractivity contribution is 0.413. The lowest BCUT2D eigenvalue weighted by Crippen LogP contribution is -2.02. The highest BCUT2D eigenvalue weighted by atomic mass is 16.5. The number of hydrogen-bond donors (Lipinski definition) is 0. The predicted octanol–water partition coefficient (Wildman–Crippen LogP) is 4.99. The Labute approximate surface area is 132 Å². The van der Waals surface area contributed by atoms with Crippen molar-refractivity contribution in [3.8, 4) is 5.75 Å². The number of rotatable bonds is 4. The van der Waals surface area contributed by atoms with Crippen LogP contribution in [-0.4, -0.2) is 12.8 Å². The molecule has 1 aliphatic rings. The maximum atomic E-state index is 5.45. The van der Waals surface area contributed by atoms with E-state index in [1.807, 2.05) is 12.1 Å². The number of aryl methyl sites for hydroxylation is 2. The minimum absolute atomic E-state index is 0.908. The van der Waals surface area contributed by atoms with Crippen LogP contribution in [0, 0.1) is 0 Å². The molecular weight excluding hydrogens is 270 g/mol. The second kappa shape index (κ2) is 6.61. The summed E-state index contributed by atoms with van der Waals surface area (Å²) in [5, 5.41) is 0. The molecule has 2 aromatic rings. The van der Waals surface area contributed by atoms with Gasteiger partial charge in [0, 0.05) is 11.3 Å². The van der Waals surface area contributed by atoms with Crippen molar-refractivity contribution >= 4 is 17.5 Å². The highest BCUT2D eigenvalue weighted by Crippen LogP contribution is 2.26. The van der Waals surface area contributed by atoms with Gasteiger partial charge in [0.15, 0.2) is 0 Å². The smallest absolute Gasteiger partial charge is 0.126 e. The molecule has 22 heavy (non-hydrogen) atoms. The van der Waals surface area contributed by atoms with Crippen molar-refractivity contribution in [2.75, 3.05) is 7.11 Å². The van der Waals surface area contributed by atoms with Crippen molar-refractivity contribution in [1.29, 1.82) is 0 Å². The van der Waals surface area contributed by atoms with E-state index >= 15 is 0 Å². The van der Waals surface area contributed by atoms with Gasteiger partial charge in [0.1, 0.15) is 5.75 Å².